The third-order valence-electron chi connectivity index (χ3n) is 7.89. The number of carbonyl (C=O) groups is 1. The van der Waals surface area contributed by atoms with E-state index < -0.39 is 0 Å². The van der Waals surface area contributed by atoms with Gasteiger partial charge in [-0.15, -0.1) is 24.8 Å². The summed E-state index contributed by atoms with van der Waals surface area (Å²) in [4.78, 5) is 11.9. The quantitative estimate of drug-likeness (QED) is 0.383. The van der Waals surface area contributed by atoms with E-state index in [-0.39, 0.29) is 16.6 Å². The van der Waals surface area contributed by atoms with Gasteiger partial charge in [0.05, 0.1) is 5.38 Å². The number of alkyl halides is 1. The second-order valence-electron chi connectivity index (χ2n) is 8.66. The van der Waals surface area contributed by atoms with Crippen LogP contribution in [0.5, 0.6) is 0 Å². The first-order valence-electron chi connectivity index (χ1n) is 9.43. The average molecular weight is 347 g/mol. The van der Waals surface area contributed by atoms with Crippen LogP contribution in [-0.2, 0) is 4.79 Å². The zero-order valence-electron chi connectivity index (χ0n) is 15.2. The summed E-state index contributed by atoms with van der Waals surface area (Å²) in [5, 5.41) is 0.0618. The minimum Gasteiger partial charge on any atom is -0.295 e. The summed E-state index contributed by atoms with van der Waals surface area (Å²) < 4.78 is 0. The Morgan fingerprint density at radius 2 is 1.75 bits per heavy atom. The number of hydrogen-bond acceptors (Lipinski definition) is 1. The molecule has 0 radical (unpaired) electrons. The van der Waals surface area contributed by atoms with Crippen molar-refractivity contribution in [1.82, 2.24) is 0 Å². The zero-order valence-corrected chi connectivity index (χ0v) is 16.0. The molecule has 0 N–H and O–H groups in total. The maximum absolute atomic E-state index is 11.9. The Balaban J connectivity index is 0.000000815. The van der Waals surface area contributed by atoms with Crippen LogP contribution in [0, 0.1) is 28.6 Å². The number of halogens is 1. The molecule has 3 saturated carbocycles. The molecule has 0 aliphatic heterocycles. The van der Waals surface area contributed by atoms with Gasteiger partial charge in [0.15, 0.2) is 5.78 Å². The van der Waals surface area contributed by atoms with Gasteiger partial charge in [0, 0.05) is 6.42 Å². The SMILES string of the molecule is C=C.C=C1CCC2C3CC(Cl)C4=CC(=O)CCC4(C)C3CCC12C. The molecule has 6 unspecified atom stereocenters. The maximum atomic E-state index is 11.9. The fourth-order valence-electron chi connectivity index (χ4n) is 6.47. The lowest BCUT2D eigenvalue weighted by Crippen LogP contribution is -2.52. The fourth-order valence-corrected chi connectivity index (χ4v) is 6.98. The predicted molar refractivity (Wildman–Crippen MR) is 102 cm³/mol. The summed E-state index contributed by atoms with van der Waals surface area (Å²) in [6.45, 7) is 15.2. The van der Waals surface area contributed by atoms with Crippen molar-refractivity contribution in [2.24, 2.45) is 28.6 Å². The van der Waals surface area contributed by atoms with Crippen molar-refractivity contribution in [3.8, 4) is 0 Å². The summed E-state index contributed by atoms with van der Waals surface area (Å²) >= 11 is 6.79. The molecule has 3 fully saturated rings. The van der Waals surface area contributed by atoms with Gasteiger partial charge >= 0.3 is 0 Å². The Morgan fingerprint density at radius 3 is 2.46 bits per heavy atom. The highest BCUT2D eigenvalue weighted by Gasteiger charge is 2.58. The van der Waals surface area contributed by atoms with Crippen LogP contribution in [0.4, 0.5) is 0 Å². The van der Waals surface area contributed by atoms with Crippen LogP contribution in [0.25, 0.3) is 0 Å². The van der Waals surface area contributed by atoms with Crippen LogP contribution in [0.15, 0.2) is 37.0 Å². The molecule has 0 aromatic carbocycles. The number of fused-ring (bicyclic) bond motifs is 5. The molecule has 0 aromatic heterocycles. The smallest absolute Gasteiger partial charge is 0.155 e. The normalized spacial score (nSPS) is 46.9. The molecule has 4 rings (SSSR count). The van der Waals surface area contributed by atoms with Gasteiger partial charge in [-0.1, -0.05) is 26.0 Å². The molecular weight excluding hydrogens is 316 g/mol. The average Bonchev–Trinajstić information content (AvgIpc) is 2.87. The monoisotopic (exact) mass is 346 g/mol. The molecule has 6 atom stereocenters. The van der Waals surface area contributed by atoms with Crippen LogP contribution in [-0.4, -0.2) is 11.2 Å². The first-order valence-corrected chi connectivity index (χ1v) is 9.87. The summed E-state index contributed by atoms with van der Waals surface area (Å²) in [6.07, 6.45) is 9.74. The van der Waals surface area contributed by atoms with Gasteiger partial charge in [0.1, 0.15) is 0 Å². The van der Waals surface area contributed by atoms with E-state index in [0.717, 1.165) is 24.7 Å². The predicted octanol–water partition coefficient (Wildman–Crippen LogP) is 6.09. The summed E-state index contributed by atoms with van der Waals surface area (Å²) in [6, 6.07) is 0. The summed E-state index contributed by atoms with van der Waals surface area (Å²) in [7, 11) is 0. The van der Waals surface area contributed by atoms with Crippen molar-refractivity contribution >= 4 is 17.4 Å². The van der Waals surface area contributed by atoms with Gasteiger partial charge < -0.3 is 0 Å². The molecule has 4 aliphatic carbocycles. The van der Waals surface area contributed by atoms with Crippen LogP contribution < -0.4 is 0 Å². The molecule has 0 heterocycles. The van der Waals surface area contributed by atoms with Crippen molar-refractivity contribution < 1.29 is 4.79 Å². The molecule has 2 heteroatoms. The lowest BCUT2D eigenvalue weighted by atomic mass is 9.47. The Hall–Kier alpha value is -0.820. The Kier molecular flexibility index (Phi) is 4.62. The van der Waals surface area contributed by atoms with Crippen LogP contribution in [0.1, 0.15) is 58.8 Å². The minimum atomic E-state index is 0.0618. The van der Waals surface area contributed by atoms with E-state index in [0.29, 0.717) is 17.8 Å². The Bertz CT molecular complexity index is 591. The van der Waals surface area contributed by atoms with Gasteiger partial charge in [-0.05, 0) is 78.8 Å². The van der Waals surface area contributed by atoms with Crippen LogP contribution in [0.3, 0.4) is 0 Å². The molecule has 1 nitrogen and oxygen atoms in total. The van der Waals surface area contributed by atoms with E-state index in [1.807, 2.05) is 6.08 Å². The number of carbonyl (C=O) groups excluding carboxylic acids is 1. The van der Waals surface area contributed by atoms with Gasteiger partial charge in [-0.2, -0.15) is 0 Å². The second-order valence-corrected chi connectivity index (χ2v) is 9.19. The van der Waals surface area contributed by atoms with Gasteiger partial charge in [0.25, 0.3) is 0 Å². The largest absolute Gasteiger partial charge is 0.295 e. The highest BCUT2D eigenvalue weighted by Crippen LogP contribution is 2.66. The molecule has 24 heavy (non-hydrogen) atoms. The lowest BCUT2D eigenvalue weighted by Gasteiger charge is -2.58. The minimum absolute atomic E-state index is 0.0618. The van der Waals surface area contributed by atoms with Gasteiger partial charge in [-0.25, -0.2) is 0 Å². The molecular formula is C22H31ClO. The summed E-state index contributed by atoms with van der Waals surface area (Å²) in [5.41, 5.74) is 3.24. The molecule has 0 spiro atoms. The number of rotatable bonds is 0. The molecule has 132 valence electrons. The van der Waals surface area contributed by atoms with Crippen molar-refractivity contribution in [3.63, 3.8) is 0 Å². The van der Waals surface area contributed by atoms with E-state index in [4.69, 9.17) is 11.6 Å². The first-order chi connectivity index (χ1) is 11.4. The molecule has 0 amide bonds. The topological polar surface area (TPSA) is 17.1 Å². The van der Waals surface area contributed by atoms with Crippen LogP contribution >= 0.6 is 11.6 Å². The van der Waals surface area contributed by atoms with Crippen molar-refractivity contribution in [1.29, 1.82) is 0 Å². The number of allylic oxidation sites excluding steroid dienone is 2. The van der Waals surface area contributed by atoms with Crippen LogP contribution in [0.2, 0.25) is 0 Å². The van der Waals surface area contributed by atoms with E-state index in [1.165, 1.54) is 36.8 Å². The number of ketones is 1. The third kappa shape index (κ3) is 2.38. The van der Waals surface area contributed by atoms with Crippen molar-refractivity contribution in [2.75, 3.05) is 0 Å². The van der Waals surface area contributed by atoms with E-state index in [1.54, 1.807) is 0 Å². The van der Waals surface area contributed by atoms with Gasteiger partial charge in [-0.3, -0.25) is 4.79 Å². The third-order valence-corrected chi connectivity index (χ3v) is 8.31. The lowest BCUT2D eigenvalue weighted by molar-refractivity contribution is -0.117. The number of hydrogen-bond donors (Lipinski definition) is 0. The maximum Gasteiger partial charge on any atom is 0.155 e. The fraction of sp³-hybridized carbons (Fsp3) is 0.682. The van der Waals surface area contributed by atoms with Crippen molar-refractivity contribution in [2.45, 2.75) is 64.2 Å². The Morgan fingerprint density at radius 1 is 1.08 bits per heavy atom. The second kappa shape index (κ2) is 6.16. The highest BCUT2D eigenvalue weighted by atomic mass is 35.5. The first kappa shape index (κ1) is 18.0. The van der Waals surface area contributed by atoms with E-state index in [2.05, 4.69) is 33.6 Å². The van der Waals surface area contributed by atoms with E-state index in [9.17, 15) is 4.79 Å². The van der Waals surface area contributed by atoms with Gasteiger partial charge in [0.2, 0.25) is 0 Å². The molecule has 0 saturated heterocycles. The van der Waals surface area contributed by atoms with Crippen molar-refractivity contribution in [3.05, 3.63) is 37.0 Å². The zero-order chi connectivity index (χ0) is 17.7. The molecule has 4 aliphatic rings. The standard InChI is InChI=1S/C20H27ClO.C2H4/c1-12-4-5-15-14-11-18(21)17-10-13(22)6-8-20(17,3)16(14)7-9-19(12,15)2;1-2/h10,14-16,18H,1,4-9,11H2,2-3H3;1-2H2. The Labute approximate surface area is 152 Å². The highest BCUT2D eigenvalue weighted by molar-refractivity contribution is 6.23. The summed E-state index contributed by atoms with van der Waals surface area (Å²) in [5.74, 6) is 2.48. The molecule has 0 aromatic rings. The molecule has 0 bridgehead atoms. The van der Waals surface area contributed by atoms with E-state index >= 15 is 0 Å².